The summed E-state index contributed by atoms with van der Waals surface area (Å²) in [4.78, 5) is 0. The Morgan fingerprint density at radius 2 is 0.824 bits per heavy atom. The fourth-order valence-electron chi connectivity index (χ4n) is 0.236. The van der Waals surface area contributed by atoms with Crippen LogP contribution in [0.2, 0.25) is 0 Å². The summed E-state index contributed by atoms with van der Waals surface area (Å²) in [5.74, 6) is 0. The summed E-state index contributed by atoms with van der Waals surface area (Å²) in [5, 5.41) is 16.9. The smallest absolute Gasteiger partial charge is 0.753 e. The summed E-state index contributed by atoms with van der Waals surface area (Å²) in [6.07, 6.45) is 1.89. The number of isothiocyanates is 2. The molecule has 0 saturated carbocycles. The molecule has 0 amide bonds. The van der Waals surface area contributed by atoms with Crippen LogP contribution in [0.3, 0.4) is 0 Å². The topological polar surface area (TPSA) is 149 Å². The average molecular weight is 323 g/mol. The molecule has 0 aliphatic heterocycles. The molecule has 0 aliphatic carbocycles. The molecule has 0 aromatic heterocycles. The molecule has 6 nitrogen and oxygen atoms in total. The number of hydrogen-bond acceptors (Lipinski definition) is 6. The summed E-state index contributed by atoms with van der Waals surface area (Å²) < 4.78 is 0. The van der Waals surface area contributed by atoms with Gasteiger partial charge in [-0.1, -0.05) is 24.4 Å². The van der Waals surface area contributed by atoms with E-state index in [0.717, 1.165) is 39.0 Å². The summed E-state index contributed by atoms with van der Waals surface area (Å²) >= 11 is 7.40. The molecule has 0 spiro atoms. The third kappa shape index (κ3) is 200. The Balaban J connectivity index is -0.0000000381. The normalized spacial score (nSPS) is 5.88. The Morgan fingerprint density at radius 1 is 0.706 bits per heavy atom. The second-order valence-electron chi connectivity index (χ2n) is 2.04. The van der Waals surface area contributed by atoms with Gasteiger partial charge in [-0.3, -0.25) is 0 Å². The van der Waals surface area contributed by atoms with Crippen molar-refractivity contribution in [3.8, 4) is 0 Å². The molecule has 0 fully saturated rings. The maximum Gasteiger partial charge on any atom is 2.00 e. The van der Waals surface area contributed by atoms with Gasteiger partial charge in [0.2, 0.25) is 0 Å². The first kappa shape index (κ1) is 30.2. The van der Waals surface area contributed by atoms with Gasteiger partial charge in [0, 0.05) is 0 Å². The molecule has 0 unspecified atom stereocenters. The van der Waals surface area contributed by atoms with Crippen LogP contribution in [0.1, 0.15) is 12.8 Å². The van der Waals surface area contributed by atoms with Crippen molar-refractivity contribution in [1.29, 1.82) is 0 Å². The fourth-order valence-corrected chi connectivity index (χ4v) is 0.236. The van der Waals surface area contributed by atoms with Crippen molar-refractivity contribution in [2.45, 2.75) is 12.8 Å². The third-order valence-electron chi connectivity index (χ3n) is 0.816. The van der Waals surface area contributed by atoms with E-state index in [1.807, 2.05) is 0 Å². The maximum absolute atomic E-state index is 7.13. The van der Waals surface area contributed by atoms with Crippen molar-refractivity contribution >= 4 is 34.8 Å². The summed E-state index contributed by atoms with van der Waals surface area (Å²) in [6, 6.07) is 0. The van der Waals surface area contributed by atoms with Gasteiger partial charge in [0.1, 0.15) is 0 Å². The van der Waals surface area contributed by atoms with Gasteiger partial charge in [0.15, 0.2) is 0 Å². The van der Waals surface area contributed by atoms with Crippen molar-refractivity contribution < 1.29 is 16.5 Å². The molecule has 17 heavy (non-hydrogen) atoms. The molecule has 0 atom stereocenters. The van der Waals surface area contributed by atoms with Gasteiger partial charge in [-0.2, -0.15) is 10.3 Å². The van der Waals surface area contributed by atoms with E-state index in [-0.39, 0.29) is 16.5 Å². The molecule has 0 saturated heterocycles. The van der Waals surface area contributed by atoms with Crippen LogP contribution in [-0.4, -0.2) is 36.5 Å². The van der Waals surface area contributed by atoms with E-state index in [4.69, 9.17) is 33.8 Å². The molecule has 0 aromatic carbocycles. The van der Waals surface area contributed by atoms with Gasteiger partial charge in [0.25, 0.3) is 0 Å². The minimum absolute atomic E-state index is 0. The standard InChI is InChI=1S/2C3H10N2.2CNS.Ni/c2*4-2-1-3-5;2*2-1-3;/h2*1-5H2;;;/q;;2*-1;+2. The van der Waals surface area contributed by atoms with Crippen molar-refractivity contribution in [3.63, 3.8) is 0 Å². The number of nitrogens with two attached hydrogens (primary N) is 4. The first-order chi connectivity index (χ1) is 7.66. The Morgan fingerprint density at radius 3 is 0.824 bits per heavy atom. The van der Waals surface area contributed by atoms with Gasteiger partial charge >= 0.3 is 16.5 Å². The van der Waals surface area contributed by atoms with Crippen LogP contribution >= 0.6 is 24.4 Å². The Labute approximate surface area is 124 Å². The van der Waals surface area contributed by atoms with Crippen molar-refractivity contribution in [2.75, 3.05) is 26.2 Å². The van der Waals surface area contributed by atoms with E-state index < -0.39 is 0 Å². The first-order valence-corrected chi connectivity index (χ1v) is 5.30. The van der Waals surface area contributed by atoms with Crippen LogP contribution in [0, 0.1) is 0 Å². The van der Waals surface area contributed by atoms with Crippen LogP contribution in [0.5, 0.6) is 0 Å². The quantitative estimate of drug-likeness (QED) is 0.322. The molecule has 0 radical (unpaired) electrons. The van der Waals surface area contributed by atoms with E-state index in [0.29, 0.717) is 0 Å². The molecule has 0 heterocycles. The van der Waals surface area contributed by atoms with Crippen LogP contribution in [0.15, 0.2) is 0 Å². The van der Waals surface area contributed by atoms with Crippen LogP contribution < -0.4 is 22.9 Å². The van der Waals surface area contributed by atoms with Crippen molar-refractivity contribution in [2.24, 2.45) is 22.9 Å². The molecule has 9 heteroatoms. The zero-order valence-electron chi connectivity index (χ0n) is 9.58. The van der Waals surface area contributed by atoms with Gasteiger partial charge in [-0.15, -0.1) is 0 Å². The molecule has 8 N–H and O–H groups in total. The Kier molecular flexibility index (Phi) is 100. The number of hydrogen-bond donors (Lipinski definition) is 4. The largest absolute Gasteiger partial charge is 2.00 e. The zero-order valence-corrected chi connectivity index (χ0v) is 12.2. The predicted molar refractivity (Wildman–Crippen MR) is 77.4 cm³/mol. The zero-order chi connectivity index (χ0) is 13.7. The van der Waals surface area contributed by atoms with Gasteiger partial charge < -0.3 is 33.8 Å². The van der Waals surface area contributed by atoms with Gasteiger partial charge in [-0.05, 0) is 39.0 Å². The van der Waals surface area contributed by atoms with Gasteiger partial charge in [-0.25, -0.2) is 0 Å². The maximum atomic E-state index is 7.13. The molecular formula is C8H20N6NiS2. The molecule has 0 aliphatic rings. The van der Waals surface area contributed by atoms with E-state index >= 15 is 0 Å². The minimum Gasteiger partial charge on any atom is -0.753 e. The fraction of sp³-hybridized carbons (Fsp3) is 0.750. The molecule has 104 valence electrons. The van der Waals surface area contributed by atoms with E-state index in [1.54, 1.807) is 0 Å². The van der Waals surface area contributed by atoms with E-state index in [1.165, 1.54) is 10.3 Å². The van der Waals surface area contributed by atoms with Crippen molar-refractivity contribution in [3.05, 3.63) is 10.8 Å². The summed E-state index contributed by atoms with van der Waals surface area (Å²) in [5.41, 5.74) is 20.2. The number of nitrogens with zero attached hydrogens (tertiary/aromatic N) is 2. The average Bonchev–Trinajstić information content (AvgIpc) is 2.23. The molecule has 0 bridgehead atoms. The van der Waals surface area contributed by atoms with Crippen LogP contribution in [0.4, 0.5) is 0 Å². The molecule has 0 rings (SSSR count). The third-order valence-corrected chi connectivity index (χ3v) is 0.816. The molecular weight excluding hydrogens is 303 g/mol. The van der Waals surface area contributed by atoms with E-state index in [9.17, 15) is 0 Å². The Hall–Kier alpha value is -0.0665. The number of rotatable bonds is 4. The van der Waals surface area contributed by atoms with E-state index in [2.05, 4.69) is 24.4 Å². The molecule has 0 aromatic rings. The Bertz CT molecular complexity index is 136. The van der Waals surface area contributed by atoms with Crippen LogP contribution in [0.25, 0.3) is 10.8 Å². The summed E-state index contributed by atoms with van der Waals surface area (Å²) in [7, 11) is 0. The second kappa shape index (κ2) is 56.5. The second-order valence-corrected chi connectivity index (χ2v) is 2.41. The van der Waals surface area contributed by atoms with Gasteiger partial charge in [0.05, 0.1) is 0 Å². The van der Waals surface area contributed by atoms with Crippen LogP contribution in [-0.2, 0) is 16.5 Å². The minimum atomic E-state index is 0. The number of thiocarbonyl (C=S) groups is 2. The predicted octanol–water partition coefficient (Wildman–Crippen LogP) is -0.0975. The first-order valence-electron chi connectivity index (χ1n) is 4.49. The monoisotopic (exact) mass is 322 g/mol. The van der Waals surface area contributed by atoms with Crippen molar-refractivity contribution in [1.82, 2.24) is 0 Å². The summed E-state index contributed by atoms with van der Waals surface area (Å²) in [6.45, 7) is 2.88. The SMILES string of the molecule is NCCCN.NCCCN.[N-]=C=S.[N-]=C=S.[Ni+2].